The number of hydrogen-bond donors (Lipinski definition) is 1. The van der Waals surface area contributed by atoms with Crippen molar-refractivity contribution in [1.29, 1.82) is 0 Å². The third kappa shape index (κ3) is 2.68. The molecule has 100 valence electrons. The topological polar surface area (TPSA) is 56.3 Å². The van der Waals surface area contributed by atoms with Crippen LogP contribution in [0.4, 0.5) is 0 Å². The van der Waals surface area contributed by atoms with Gasteiger partial charge in [0.05, 0.1) is 23.5 Å². The number of likely N-dealkylation sites (N-methyl/N-ethyl adjacent to an activating group) is 1. The van der Waals surface area contributed by atoms with Gasteiger partial charge >= 0.3 is 0 Å². The Labute approximate surface area is 108 Å². The molecule has 1 atom stereocenters. The van der Waals surface area contributed by atoms with E-state index in [1.165, 1.54) is 0 Å². The van der Waals surface area contributed by atoms with Gasteiger partial charge in [-0.2, -0.15) is 0 Å². The molecule has 5 heteroatoms. The second-order valence-electron chi connectivity index (χ2n) is 4.50. The van der Waals surface area contributed by atoms with Gasteiger partial charge in [0.15, 0.2) is 0 Å². The molecule has 0 aromatic carbocycles. The van der Waals surface area contributed by atoms with Crippen LogP contribution in [0.15, 0.2) is 18.6 Å². The lowest BCUT2D eigenvalue weighted by Gasteiger charge is -2.42. The van der Waals surface area contributed by atoms with E-state index in [0.29, 0.717) is 0 Å². The highest BCUT2D eigenvalue weighted by atomic mass is 16.5. The summed E-state index contributed by atoms with van der Waals surface area (Å²) in [6.45, 7) is 4.42. The van der Waals surface area contributed by atoms with Crippen LogP contribution in [0, 0.1) is 0 Å². The standard InChI is InChI=1S/C13H21N3O2/c1-3-15-12(11-10-14-6-7-16-11)13(17-2)4-8-18-9-5-13/h6-7,10,12,15H,3-5,8-9H2,1-2H3. The summed E-state index contributed by atoms with van der Waals surface area (Å²) in [4.78, 5) is 8.58. The van der Waals surface area contributed by atoms with Gasteiger partial charge in [0, 0.05) is 45.6 Å². The maximum Gasteiger partial charge on any atom is 0.0932 e. The van der Waals surface area contributed by atoms with Crippen molar-refractivity contribution in [2.24, 2.45) is 0 Å². The van der Waals surface area contributed by atoms with Crippen LogP contribution in [0.5, 0.6) is 0 Å². The Kier molecular flexibility index (Phi) is 4.63. The molecule has 1 N–H and O–H groups in total. The normalized spacial score (nSPS) is 20.6. The Balaban J connectivity index is 2.27. The molecule has 2 rings (SSSR count). The second-order valence-corrected chi connectivity index (χ2v) is 4.50. The zero-order chi connectivity index (χ0) is 12.8. The highest BCUT2D eigenvalue weighted by Crippen LogP contribution is 2.36. The number of nitrogens with one attached hydrogen (secondary N) is 1. The Hall–Kier alpha value is -1.04. The van der Waals surface area contributed by atoms with Crippen LogP contribution in [0.25, 0.3) is 0 Å². The summed E-state index contributed by atoms with van der Waals surface area (Å²) in [5.74, 6) is 0. The molecule has 1 aromatic heterocycles. The van der Waals surface area contributed by atoms with Crippen LogP contribution in [0.2, 0.25) is 0 Å². The van der Waals surface area contributed by atoms with Gasteiger partial charge in [-0.1, -0.05) is 6.92 Å². The molecular weight excluding hydrogens is 230 g/mol. The lowest BCUT2D eigenvalue weighted by atomic mass is 9.84. The van der Waals surface area contributed by atoms with E-state index in [2.05, 4.69) is 22.2 Å². The molecule has 0 spiro atoms. The van der Waals surface area contributed by atoms with E-state index in [1.807, 2.05) is 6.20 Å². The molecule has 1 aromatic rings. The quantitative estimate of drug-likeness (QED) is 0.855. The predicted molar refractivity (Wildman–Crippen MR) is 68.2 cm³/mol. The summed E-state index contributed by atoms with van der Waals surface area (Å²) in [5.41, 5.74) is 0.688. The van der Waals surface area contributed by atoms with Crippen LogP contribution >= 0.6 is 0 Å². The molecule has 1 saturated heterocycles. The molecule has 1 aliphatic heterocycles. The lowest BCUT2D eigenvalue weighted by Crippen LogP contribution is -2.49. The summed E-state index contributed by atoms with van der Waals surface area (Å²) >= 11 is 0. The molecule has 2 heterocycles. The zero-order valence-electron chi connectivity index (χ0n) is 11.1. The highest BCUT2D eigenvalue weighted by Gasteiger charge is 2.41. The van der Waals surface area contributed by atoms with Gasteiger partial charge in [-0.15, -0.1) is 0 Å². The first-order chi connectivity index (χ1) is 8.82. The molecule has 0 radical (unpaired) electrons. The minimum absolute atomic E-state index is 0.0603. The molecule has 0 saturated carbocycles. The summed E-state index contributed by atoms with van der Waals surface area (Å²) < 4.78 is 11.3. The lowest BCUT2D eigenvalue weighted by molar-refractivity contribution is -0.112. The van der Waals surface area contributed by atoms with Crippen LogP contribution in [0.1, 0.15) is 31.5 Å². The maximum atomic E-state index is 5.84. The summed E-state index contributed by atoms with van der Waals surface area (Å²) in [5, 5.41) is 3.48. The van der Waals surface area contributed by atoms with Gasteiger partial charge in [0.1, 0.15) is 0 Å². The largest absolute Gasteiger partial charge is 0.381 e. The third-order valence-electron chi connectivity index (χ3n) is 3.56. The van der Waals surface area contributed by atoms with Gasteiger partial charge in [-0.05, 0) is 6.54 Å². The van der Waals surface area contributed by atoms with Crippen molar-refractivity contribution < 1.29 is 9.47 Å². The SMILES string of the molecule is CCNC(c1cnccn1)C1(OC)CCOCC1. The van der Waals surface area contributed by atoms with Crippen LogP contribution in [-0.2, 0) is 9.47 Å². The van der Waals surface area contributed by atoms with Gasteiger partial charge in [0.25, 0.3) is 0 Å². The molecule has 0 aliphatic carbocycles. The smallest absolute Gasteiger partial charge is 0.0932 e. The number of aromatic nitrogens is 2. The summed E-state index contributed by atoms with van der Waals surface area (Å²) in [7, 11) is 1.77. The van der Waals surface area contributed by atoms with Crippen molar-refractivity contribution in [2.45, 2.75) is 31.4 Å². The Morgan fingerprint density at radius 2 is 2.22 bits per heavy atom. The fourth-order valence-corrected chi connectivity index (χ4v) is 2.55. The van der Waals surface area contributed by atoms with Gasteiger partial charge in [-0.25, -0.2) is 0 Å². The first-order valence-electron chi connectivity index (χ1n) is 6.44. The minimum Gasteiger partial charge on any atom is -0.381 e. The van der Waals surface area contributed by atoms with Crippen molar-refractivity contribution in [3.05, 3.63) is 24.3 Å². The average molecular weight is 251 g/mol. The van der Waals surface area contributed by atoms with E-state index in [4.69, 9.17) is 9.47 Å². The van der Waals surface area contributed by atoms with Crippen molar-refractivity contribution in [2.75, 3.05) is 26.9 Å². The number of nitrogens with zero attached hydrogens (tertiary/aromatic N) is 2. The first-order valence-corrected chi connectivity index (χ1v) is 6.44. The second kappa shape index (κ2) is 6.22. The summed E-state index contributed by atoms with van der Waals surface area (Å²) in [6.07, 6.45) is 6.97. The fraction of sp³-hybridized carbons (Fsp3) is 0.692. The van der Waals surface area contributed by atoms with E-state index < -0.39 is 0 Å². The monoisotopic (exact) mass is 251 g/mol. The summed E-state index contributed by atoms with van der Waals surface area (Å²) in [6, 6.07) is 0.0603. The Bertz CT molecular complexity index is 353. The molecule has 5 nitrogen and oxygen atoms in total. The molecule has 1 aliphatic rings. The van der Waals surface area contributed by atoms with E-state index in [1.54, 1.807) is 19.5 Å². The molecule has 0 bridgehead atoms. The number of ether oxygens (including phenoxy) is 2. The van der Waals surface area contributed by atoms with Crippen molar-refractivity contribution in [3.8, 4) is 0 Å². The van der Waals surface area contributed by atoms with E-state index >= 15 is 0 Å². The van der Waals surface area contributed by atoms with E-state index in [0.717, 1.165) is 38.3 Å². The molecular formula is C13H21N3O2. The number of methoxy groups -OCH3 is 1. The molecule has 1 unspecified atom stereocenters. The van der Waals surface area contributed by atoms with Crippen molar-refractivity contribution >= 4 is 0 Å². The van der Waals surface area contributed by atoms with Crippen LogP contribution < -0.4 is 5.32 Å². The van der Waals surface area contributed by atoms with Gasteiger partial charge in [-0.3, -0.25) is 9.97 Å². The van der Waals surface area contributed by atoms with Crippen LogP contribution in [-0.4, -0.2) is 42.4 Å². The Morgan fingerprint density at radius 1 is 1.44 bits per heavy atom. The average Bonchev–Trinajstić information content (AvgIpc) is 2.46. The van der Waals surface area contributed by atoms with Crippen molar-refractivity contribution in [1.82, 2.24) is 15.3 Å². The Morgan fingerprint density at radius 3 is 2.78 bits per heavy atom. The zero-order valence-corrected chi connectivity index (χ0v) is 11.1. The third-order valence-corrected chi connectivity index (χ3v) is 3.56. The first kappa shape index (κ1) is 13.4. The fourth-order valence-electron chi connectivity index (χ4n) is 2.55. The maximum absolute atomic E-state index is 5.84. The van der Waals surface area contributed by atoms with Crippen molar-refractivity contribution in [3.63, 3.8) is 0 Å². The van der Waals surface area contributed by atoms with Crippen LogP contribution in [0.3, 0.4) is 0 Å². The van der Waals surface area contributed by atoms with E-state index in [9.17, 15) is 0 Å². The van der Waals surface area contributed by atoms with Gasteiger partial charge < -0.3 is 14.8 Å². The number of hydrogen-bond acceptors (Lipinski definition) is 5. The molecule has 1 fully saturated rings. The minimum atomic E-state index is -0.246. The molecule has 18 heavy (non-hydrogen) atoms. The van der Waals surface area contributed by atoms with Gasteiger partial charge in [0.2, 0.25) is 0 Å². The molecule has 0 amide bonds. The number of rotatable bonds is 5. The predicted octanol–water partition coefficient (Wildman–Crippen LogP) is 1.32. The van der Waals surface area contributed by atoms with E-state index in [-0.39, 0.29) is 11.6 Å². The highest BCUT2D eigenvalue weighted by molar-refractivity contribution is 5.11.